The van der Waals surface area contributed by atoms with Crippen molar-refractivity contribution in [1.82, 2.24) is 0 Å². The van der Waals surface area contributed by atoms with Crippen LogP contribution in [0.25, 0.3) is 0 Å². The zero-order valence-corrected chi connectivity index (χ0v) is 12.1. The number of rotatable bonds is 8. The van der Waals surface area contributed by atoms with Crippen LogP contribution in [0.1, 0.15) is 45.4 Å². The van der Waals surface area contributed by atoms with Gasteiger partial charge in [-0.3, -0.25) is 0 Å². The summed E-state index contributed by atoms with van der Waals surface area (Å²) in [4.78, 5) is 0. The molecule has 1 aliphatic heterocycles. The summed E-state index contributed by atoms with van der Waals surface area (Å²) in [5, 5.41) is 18.9. The van der Waals surface area contributed by atoms with Gasteiger partial charge in [-0.15, -0.1) is 0 Å². The average Bonchev–Trinajstić information content (AvgIpc) is 3.22. The zero-order valence-electron chi connectivity index (χ0n) is 12.1. The summed E-state index contributed by atoms with van der Waals surface area (Å²) < 4.78 is 5.42. The van der Waals surface area contributed by atoms with Gasteiger partial charge in [0, 0.05) is 0 Å². The van der Waals surface area contributed by atoms with E-state index >= 15 is 0 Å². The molecule has 3 heteroatoms. The second-order valence-electron chi connectivity index (χ2n) is 5.01. The largest absolute Gasteiger partial charge is 0.377 e. The van der Waals surface area contributed by atoms with E-state index in [1.54, 1.807) is 0 Å². The van der Waals surface area contributed by atoms with Crippen molar-refractivity contribution in [1.29, 1.82) is 0 Å². The van der Waals surface area contributed by atoms with Gasteiger partial charge in [-0.2, -0.15) is 0 Å². The van der Waals surface area contributed by atoms with Crippen molar-refractivity contribution in [3.05, 3.63) is 12.7 Å². The van der Waals surface area contributed by atoms with Crippen LogP contribution >= 0.6 is 0 Å². The van der Waals surface area contributed by atoms with Gasteiger partial charge < -0.3 is 14.9 Å². The Kier molecular flexibility index (Phi) is 8.07. The fourth-order valence-corrected chi connectivity index (χ4v) is 1.98. The van der Waals surface area contributed by atoms with Crippen molar-refractivity contribution >= 4 is 0 Å². The molecular formula is C17H24O3. The lowest BCUT2D eigenvalue weighted by Crippen LogP contribution is -2.14. The Morgan fingerprint density at radius 1 is 1.15 bits per heavy atom. The van der Waals surface area contributed by atoms with Crippen LogP contribution in [0.3, 0.4) is 0 Å². The molecule has 0 aliphatic carbocycles. The van der Waals surface area contributed by atoms with Crippen LogP contribution in [0.15, 0.2) is 12.7 Å². The molecule has 1 rings (SSSR count). The quantitative estimate of drug-likeness (QED) is 0.309. The number of unbranched alkanes of at least 4 members (excludes halogenated alkanes) is 4. The third-order valence-corrected chi connectivity index (χ3v) is 3.25. The van der Waals surface area contributed by atoms with Gasteiger partial charge in [-0.1, -0.05) is 63.5 Å². The SMILES string of the molecule is C=C[C@@H](O)C#CC#C[C@@H](O)[C@@H]1O[C@@H]1CCCCCCC. The van der Waals surface area contributed by atoms with E-state index in [2.05, 4.69) is 37.2 Å². The first kappa shape index (κ1) is 16.8. The third-order valence-electron chi connectivity index (χ3n) is 3.25. The van der Waals surface area contributed by atoms with Crippen molar-refractivity contribution in [3.63, 3.8) is 0 Å². The molecular weight excluding hydrogens is 252 g/mol. The molecule has 3 nitrogen and oxygen atoms in total. The van der Waals surface area contributed by atoms with Crippen molar-refractivity contribution < 1.29 is 14.9 Å². The molecule has 0 unspecified atom stereocenters. The van der Waals surface area contributed by atoms with Crippen LogP contribution in [0, 0.1) is 23.7 Å². The molecule has 110 valence electrons. The van der Waals surface area contributed by atoms with E-state index in [0.717, 1.165) is 12.8 Å². The molecule has 2 N–H and O–H groups in total. The molecule has 0 aromatic heterocycles. The molecule has 1 aliphatic rings. The predicted octanol–water partition coefficient (Wildman–Crippen LogP) is 2.03. The highest BCUT2D eigenvalue weighted by molar-refractivity contribution is 5.30. The third kappa shape index (κ3) is 6.78. The van der Waals surface area contributed by atoms with Crippen LogP contribution in [0.2, 0.25) is 0 Å². The molecule has 0 radical (unpaired) electrons. The average molecular weight is 276 g/mol. The molecule has 0 bridgehead atoms. The monoisotopic (exact) mass is 276 g/mol. The molecule has 20 heavy (non-hydrogen) atoms. The number of hydrogen-bond donors (Lipinski definition) is 2. The lowest BCUT2D eigenvalue weighted by molar-refractivity contribution is 0.185. The van der Waals surface area contributed by atoms with E-state index in [0.29, 0.717) is 0 Å². The first-order chi connectivity index (χ1) is 9.69. The van der Waals surface area contributed by atoms with Crippen molar-refractivity contribution in [2.24, 2.45) is 0 Å². The van der Waals surface area contributed by atoms with E-state index < -0.39 is 12.2 Å². The van der Waals surface area contributed by atoms with Gasteiger partial charge in [0.25, 0.3) is 0 Å². The van der Waals surface area contributed by atoms with E-state index in [-0.39, 0.29) is 12.2 Å². The van der Waals surface area contributed by atoms with Gasteiger partial charge in [-0.05, 0) is 18.3 Å². The molecule has 0 aromatic rings. The fourth-order valence-electron chi connectivity index (χ4n) is 1.98. The minimum Gasteiger partial charge on any atom is -0.377 e. The maximum absolute atomic E-state index is 9.77. The number of ether oxygens (including phenoxy) is 1. The molecule has 0 spiro atoms. The molecule has 1 saturated heterocycles. The Bertz CT molecular complexity index is 407. The van der Waals surface area contributed by atoms with Gasteiger partial charge in [0.15, 0.2) is 0 Å². The minimum absolute atomic E-state index is 0.146. The highest BCUT2D eigenvalue weighted by Crippen LogP contribution is 2.30. The highest BCUT2D eigenvalue weighted by Gasteiger charge is 2.42. The topological polar surface area (TPSA) is 53.0 Å². The summed E-state index contributed by atoms with van der Waals surface area (Å²) in [5.41, 5.74) is 0. The molecule has 1 heterocycles. The number of aliphatic hydroxyl groups excluding tert-OH is 2. The van der Waals surface area contributed by atoms with Crippen LogP contribution < -0.4 is 0 Å². The number of aliphatic hydroxyl groups is 2. The molecule has 0 aromatic carbocycles. The summed E-state index contributed by atoms with van der Waals surface area (Å²) in [5.74, 6) is 10.1. The minimum atomic E-state index is -0.866. The maximum Gasteiger partial charge on any atom is 0.144 e. The Morgan fingerprint density at radius 3 is 2.55 bits per heavy atom. The van der Waals surface area contributed by atoms with Crippen LogP contribution in [-0.4, -0.2) is 34.6 Å². The molecule has 4 atom stereocenters. The highest BCUT2D eigenvalue weighted by atomic mass is 16.6. The van der Waals surface area contributed by atoms with E-state index in [1.165, 1.54) is 31.8 Å². The van der Waals surface area contributed by atoms with Crippen molar-refractivity contribution in [2.45, 2.75) is 69.9 Å². The smallest absolute Gasteiger partial charge is 0.144 e. The maximum atomic E-state index is 9.77. The zero-order chi connectivity index (χ0) is 14.8. The van der Waals surface area contributed by atoms with Crippen LogP contribution in [-0.2, 0) is 4.74 Å². The summed E-state index contributed by atoms with van der Waals surface area (Å²) >= 11 is 0. The normalized spacial score (nSPS) is 22.8. The first-order valence-electron chi connectivity index (χ1n) is 7.34. The molecule has 0 saturated carbocycles. The molecule has 0 amide bonds. The van der Waals surface area contributed by atoms with Crippen LogP contribution in [0.5, 0.6) is 0 Å². The second-order valence-corrected chi connectivity index (χ2v) is 5.01. The molecule has 1 fully saturated rings. The summed E-state index contributed by atoms with van der Waals surface area (Å²) in [6.45, 7) is 5.60. The van der Waals surface area contributed by atoms with Crippen molar-refractivity contribution in [3.8, 4) is 23.7 Å². The van der Waals surface area contributed by atoms with Gasteiger partial charge in [0.1, 0.15) is 18.3 Å². The van der Waals surface area contributed by atoms with Gasteiger partial charge in [0.05, 0.1) is 6.10 Å². The van der Waals surface area contributed by atoms with Crippen LogP contribution in [0.4, 0.5) is 0 Å². The summed E-state index contributed by atoms with van der Waals surface area (Å²) in [6, 6.07) is 0. The number of hydrogen-bond acceptors (Lipinski definition) is 3. The van der Waals surface area contributed by atoms with E-state index in [9.17, 15) is 5.11 Å². The Labute approximate surface area is 122 Å². The Hall–Kier alpha value is -1.26. The van der Waals surface area contributed by atoms with Gasteiger partial charge in [0.2, 0.25) is 0 Å². The van der Waals surface area contributed by atoms with E-state index in [1.807, 2.05) is 0 Å². The van der Waals surface area contributed by atoms with Crippen molar-refractivity contribution in [2.75, 3.05) is 0 Å². The van der Waals surface area contributed by atoms with Gasteiger partial charge >= 0.3 is 0 Å². The Balaban J connectivity index is 2.17. The number of epoxide rings is 1. The van der Waals surface area contributed by atoms with E-state index in [4.69, 9.17) is 9.84 Å². The Morgan fingerprint density at radius 2 is 1.85 bits per heavy atom. The predicted molar refractivity (Wildman–Crippen MR) is 79.8 cm³/mol. The van der Waals surface area contributed by atoms with Gasteiger partial charge in [-0.25, -0.2) is 0 Å². The lowest BCUT2D eigenvalue weighted by atomic mass is 10.1. The standard InChI is InChI=1S/C17H24O3/c1-3-5-6-7-8-13-16-17(20-16)15(19)12-10-9-11-14(18)4-2/h4,14-19H,2-3,5-8,13H2,1H3/t14-,15-,16-,17+/m1/s1. The summed E-state index contributed by atoms with van der Waals surface area (Å²) in [6.07, 6.45) is 6.83. The summed E-state index contributed by atoms with van der Waals surface area (Å²) in [7, 11) is 0. The second kappa shape index (κ2) is 9.61. The fraction of sp³-hybridized carbons (Fsp3) is 0.647. The lowest BCUT2D eigenvalue weighted by Gasteiger charge is -1.98. The first-order valence-corrected chi connectivity index (χ1v) is 7.34.